The van der Waals surface area contributed by atoms with E-state index in [1.54, 1.807) is 29.9 Å². The molecule has 3 aromatic carbocycles. The van der Waals surface area contributed by atoms with Crippen molar-refractivity contribution in [1.82, 2.24) is 51.0 Å². The van der Waals surface area contributed by atoms with E-state index in [0.29, 0.717) is 30.0 Å². The molecule has 0 radical (unpaired) electrons. The number of phenols is 6. The monoisotopic (exact) mass is 1390 g/mol. The number of rotatable bonds is 28. The minimum atomic E-state index is -2.04. The Kier molecular flexibility index (Phi) is 24.8. The van der Waals surface area contributed by atoms with E-state index < -0.39 is 167 Å². The molecule has 12 N–H and O–H groups in total. The summed E-state index contributed by atoms with van der Waals surface area (Å²) in [5.41, 5.74) is -1.73. The number of thioether (sulfide) groups is 1. The normalized spacial score (nSPS) is 21.3. The molecule has 4 aliphatic rings. The number of β-lactam (4-membered cyclic amide) rings is 1. The van der Waals surface area contributed by atoms with Gasteiger partial charge in [-0.15, -0.1) is 16.9 Å². The zero-order valence-corrected chi connectivity index (χ0v) is 54.1. The van der Waals surface area contributed by atoms with Gasteiger partial charge in [-0.3, -0.25) is 33.6 Å². The molecule has 0 saturated carbocycles. The van der Waals surface area contributed by atoms with Crippen LogP contribution in [-0.4, -0.2) is 264 Å². The second-order valence-electron chi connectivity index (χ2n) is 23.2. The van der Waals surface area contributed by atoms with E-state index in [1.165, 1.54) is 40.6 Å². The molecular weight excluding hydrogens is 1320 g/mol. The molecule has 98 heavy (non-hydrogen) atoms. The van der Waals surface area contributed by atoms with Crippen LogP contribution in [0, 0.1) is 11.8 Å². The van der Waals surface area contributed by atoms with Crippen LogP contribution in [0.1, 0.15) is 80.2 Å². The van der Waals surface area contributed by atoms with Crippen molar-refractivity contribution in [1.29, 1.82) is 0 Å². The number of nitrogens with zero attached hydrogens (tertiary/aromatic N) is 6. The summed E-state index contributed by atoms with van der Waals surface area (Å²) < 4.78 is 33.9. The molecule has 7 amide bonds. The molecule has 4 aromatic rings. The molecule has 9 atom stereocenters. The molecule has 35 nitrogen and oxygen atoms in total. The summed E-state index contributed by atoms with van der Waals surface area (Å²) >= 11 is 1.27. The minimum absolute atomic E-state index is 0.0313. The van der Waals surface area contributed by atoms with Crippen LogP contribution in [-0.2, 0) is 74.9 Å². The standard InChI is InChI=1S/C62H74N10O25S/c1-30-47-46(31(2)73)58(86)72(47)48(59(87)88)52(30)98-34-24-41(57(85)69(3)4)71(26-34)45(77)13-5-8-33-25-70(68-67-33)15-17-93-19-21-94-20-18-92-16-14-63-53(81)32-22-37(51(80)44(76)23-32)56(84)66-40-29-97-61(90)38(64-54(82)35-9-6-11-42(74)49(35)78)27-95-60(89)39(28-96-62(40)91)65-55(83)36-10-7-12-43(75)50(36)79/h6-7,9-12,22-23,25,30-31,34,38-41,46-47,73-76,78-80H,5,8,13-21,24,26-29H2,1-4H3,(H,63,81)(H,64,82)(H,65,83)(H,66,84)(H,87,88)/t30-,31-,34+,38+,39+,40+,41+,46-,47-/m1/s1. The molecular formula is C62H74N10O25S. The maximum atomic E-state index is 13.8. The summed E-state index contributed by atoms with van der Waals surface area (Å²) in [5, 5.41) is 99.1. The van der Waals surface area contributed by atoms with Crippen LogP contribution in [0.2, 0.25) is 0 Å². The molecule has 36 heteroatoms. The van der Waals surface area contributed by atoms with Crippen LogP contribution in [0.4, 0.5) is 0 Å². The van der Waals surface area contributed by atoms with Gasteiger partial charge in [-0.25, -0.2) is 23.9 Å². The van der Waals surface area contributed by atoms with Crippen molar-refractivity contribution in [2.75, 3.05) is 86.6 Å². The lowest BCUT2D eigenvalue weighted by molar-refractivity contribution is -0.163. The molecule has 5 heterocycles. The number of ether oxygens (including phenoxy) is 6. The van der Waals surface area contributed by atoms with E-state index >= 15 is 0 Å². The fraction of sp³-hybridized carbons (Fsp3) is 0.468. The summed E-state index contributed by atoms with van der Waals surface area (Å²) in [6.07, 6.45) is 2.00. The Bertz CT molecular complexity index is 3670. The molecule has 1 aromatic heterocycles. The van der Waals surface area contributed by atoms with Crippen molar-refractivity contribution in [2.45, 2.75) is 87.6 Å². The van der Waals surface area contributed by atoms with Crippen molar-refractivity contribution >= 4 is 77.0 Å². The molecule has 528 valence electrons. The third-order valence-electron chi connectivity index (χ3n) is 16.1. The van der Waals surface area contributed by atoms with Crippen molar-refractivity contribution in [3.63, 3.8) is 0 Å². The van der Waals surface area contributed by atoms with Gasteiger partial charge in [0.25, 0.3) is 23.6 Å². The van der Waals surface area contributed by atoms with E-state index in [0.717, 1.165) is 36.4 Å². The van der Waals surface area contributed by atoms with Crippen molar-refractivity contribution < 1.29 is 122 Å². The van der Waals surface area contributed by atoms with Gasteiger partial charge in [-0.05, 0) is 62.6 Å². The number of aliphatic carboxylic acids is 1. The van der Waals surface area contributed by atoms with Crippen molar-refractivity contribution in [3.05, 3.63) is 93.3 Å². The summed E-state index contributed by atoms with van der Waals surface area (Å²) in [7, 11) is 3.20. The number of aryl methyl sites for hydroxylation is 1. The predicted octanol–water partition coefficient (Wildman–Crippen LogP) is -1.40. The number of likely N-dealkylation sites (tertiary alicyclic amines) is 1. The Morgan fingerprint density at radius 2 is 1.22 bits per heavy atom. The first-order valence-electron chi connectivity index (χ1n) is 30.7. The van der Waals surface area contributed by atoms with Gasteiger partial charge in [-0.1, -0.05) is 24.3 Å². The first-order valence-corrected chi connectivity index (χ1v) is 31.6. The third-order valence-corrected chi connectivity index (χ3v) is 17.6. The third kappa shape index (κ3) is 17.6. The molecule has 0 unspecified atom stereocenters. The van der Waals surface area contributed by atoms with E-state index in [1.807, 2.05) is 6.92 Å². The summed E-state index contributed by atoms with van der Waals surface area (Å²) in [5.74, 6) is -17.4. The van der Waals surface area contributed by atoms with E-state index in [4.69, 9.17) is 28.4 Å². The number of carboxylic acids is 1. The second kappa shape index (κ2) is 33.1. The van der Waals surface area contributed by atoms with Gasteiger partial charge >= 0.3 is 23.9 Å². The first kappa shape index (κ1) is 73.5. The Morgan fingerprint density at radius 3 is 1.76 bits per heavy atom. The van der Waals surface area contributed by atoms with Crippen LogP contribution in [0.5, 0.6) is 34.5 Å². The zero-order valence-electron chi connectivity index (χ0n) is 53.3. The fourth-order valence-corrected chi connectivity index (χ4v) is 12.6. The number of cyclic esters (lactones) is 3. The number of para-hydroxylation sites is 2. The number of benzene rings is 3. The highest BCUT2D eigenvalue weighted by Crippen LogP contribution is 2.52. The Balaban J connectivity index is 0.743. The maximum absolute atomic E-state index is 13.8. The van der Waals surface area contributed by atoms with Gasteiger partial charge < -0.3 is 105 Å². The number of carbonyl (C=O) groups excluding carboxylic acids is 10. The van der Waals surface area contributed by atoms with Crippen LogP contribution in [0.3, 0.4) is 0 Å². The number of aliphatic hydroxyl groups excluding tert-OH is 1. The zero-order chi connectivity index (χ0) is 71.2. The van der Waals surface area contributed by atoms with Crippen molar-refractivity contribution in [2.24, 2.45) is 11.8 Å². The number of amides is 7. The number of hydrogen-bond donors (Lipinski definition) is 12. The Labute approximate surface area is 561 Å². The number of carbonyl (C=O) groups is 11. The van der Waals surface area contributed by atoms with Gasteiger partial charge in [0.15, 0.2) is 52.6 Å². The second-order valence-corrected chi connectivity index (χ2v) is 24.5. The van der Waals surface area contributed by atoms with E-state index in [-0.39, 0.29) is 99.8 Å². The summed E-state index contributed by atoms with van der Waals surface area (Å²) in [6.45, 7) is 1.49. The number of aromatic hydroxyl groups is 6. The number of carboxylic acid groups (broad SMARTS) is 1. The highest BCUT2D eigenvalue weighted by atomic mass is 32.2. The molecule has 0 aliphatic carbocycles. The maximum Gasteiger partial charge on any atom is 0.353 e. The van der Waals surface area contributed by atoms with Gasteiger partial charge in [0.1, 0.15) is 31.6 Å². The lowest BCUT2D eigenvalue weighted by Gasteiger charge is -2.46. The first-order chi connectivity index (χ1) is 46.7. The number of aliphatic hydroxyl groups is 1. The van der Waals surface area contributed by atoms with E-state index in [9.17, 15) is 93.6 Å². The SMILES string of the molecule is C[C@@H](O)[C@H]1C(=O)N2C(C(=O)O)=C(S[C@H]3C[C@@H](C(=O)N(C)C)N(C(=O)CCCc4cn(CCOCCOCCOCCNC(=O)c5cc(O)c(O)c(C(=O)N[C@H]6COC(=O)[C@@H](NC(=O)c7cccc(O)c7O)COC(=O)[C@@H](NC(=O)c7cccc(O)c7O)COC6=O)c5)nn4)C3)[C@H](C)[C@H]12. The smallest absolute Gasteiger partial charge is 0.353 e. The minimum Gasteiger partial charge on any atom is -0.504 e. The van der Waals surface area contributed by atoms with Crippen molar-refractivity contribution in [3.8, 4) is 34.5 Å². The summed E-state index contributed by atoms with van der Waals surface area (Å²) in [6, 6.07) is 1.09. The summed E-state index contributed by atoms with van der Waals surface area (Å²) in [4.78, 5) is 151. The molecule has 0 spiro atoms. The van der Waals surface area contributed by atoms with Gasteiger partial charge in [0.05, 0.1) is 86.6 Å². The van der Waals surface area contributed by atoms with Crippen LogP contribution >= 0.6 is 11.8 Å². The number of aromatic nitrogens is 3. The number of fused-ring (bicyclic) bond motifs is 1. The number of nitrogens with one attached hydrogen (secondary N) is 4. The van der Waals surface area contributed by atoms with Gasteiger partial charge in [-0.2, -0.15) is 0 Å². The highest BCUT2D eigenvalue weighted by Gasteiger charge is 2.60. The highest BCUT2D eigenvalue weighted by molar-refractivity contribution is 8.03. The Morgan fingerprint density at radius 1 is 0.704 bits per heavy atom. The van der Waals surface area contributed by atoms with Crippen LogP contribution < -0.4 is 21.3 Å². The van der Waals surface area contributed by atoms with Crippen LogP contribution in [0.15, 0.2) is 65.3 Å². The predicted molar refractivity (Wildman–Crippen MR) is 334 cm³/mol. The van der Waals surface area contributed by atoms with Gasteiger partial charge in [0, 0.05) is 61.4 Å². The number of likely N-dealkylation sites (N-methyl/N-ethyl adjacent to an activating group) is 1. The number of phenolic OH excluding ortho intramolecular Hbond substituents is 6. The molecule has 3 fully saturated rings. The molecule has 8 rings (SSSR count). The molecule has 4 aliphatic heterocycles. The average Bonchev–Trinajstić information content (AvgIpc) is 1.54. The topological polar surface area (TPSA) is 494 Å². The fourth-order valence-electron chi connectivity index (χ4n) is 11.1. The Hall–Kier alpha value is -10.3. The lowest BCUT2D eigenvalue weighted by Crippen LogP contribution is -2.63. The van der Waals surface area contributed by atoms with Crippen LogP contribution in [0.25, 0.3) is 0 Å². The number of esters is 3. The van der Waals surface area contributed by atoms with E-state index in [2.05, 4.69) is 31.6 Å². The quantitative estimate of drug-likeness (QED) is 0.0102. The molecule has 0 bridgehead atoms. The number of hydrogen-bond acceptors (Lipinski definition) is 27. The molecule has 3 saturated heterocycles. The lowest BCUT2D eigenvalue weighted by atomic mass is 9.79. The largest absolute Gasteiger partial charge is 0.504 e. The van der Waals surface area contributed by atoms with Gasteiger partial charge in [0.2, 0.25) is 17.7 Å². The average molecular weight is 1390 g/mol.